The number of carbonyl (C=O) groups is 1. The molecule has 0 unspecified atom stereocenters. The number of urea groups is 1. The highest BCUT2D eigenvalue weighted by Crippen LogP contribution is 2.39. The van der Waals surface area contributed by atoms with E-state index in [2.05, 4.69) is 37.4 Å². The Morgan fingerprint density at radius 3 is 2.47 bits per heavy atom. The first-order chi connectivity index (χ1) is 14.6. The van der Waals surface area contributed by atoms with Gasteiger partial charge in [-0.15, -0.1) is 11.8 Å². The molecule has 0 bridgehead atoms. The summed E-state index contributed by atoms with van der Waals surface area (Å²) in [6, 6.07) is 25.7. The van der Waals surface area contributed by atoms with Crippen LogP contribution in [0, 0.1) is 0 Å². The van der Waals surface area contributed by atoms with Crippen LogP contribution < -0.4 is 10.1 Å². The molecule has 30 heavy (non-hydrogen) atoms. The van der Waals surface area contributed by atoms with Crippen LogP contribution in [0.25, 0.3) is 0 Å². The number of para-hydroxylation sites is 1. The number of nitrogens with one attached hydrogen (secondary N) is 1. The summed E-state index contributed by atoms with van der Waals surface area (Å²) >= 11 is 1.77. The fourth-order valence-corrected chi connectivity index (χ4v) is 4.70. The van der Waals surface area contributed by atoms with E-state index in [-0.39, 0.29) is 11.4 Å². The molecule has 2 amide bonds. The van der Waals surface area contributed by atoms with Gasteiger partial charge < -0.3 is 15.0 Å². The Balaban J connectivity index is 1.46. The van der Waals surface area contributed by atoms with Crippen molar-refractivity contribution in [2.24, 2.45) is 0 Å². The number of hydrogen-bond donors (Lipinski definition) is 1. The van der Waals surface area contributed by atoms with Crippen molar-refractivity contribution < 1.29 is 9.53 Å². The number of anilines is 1. The Kier molecular flexibility index (Phi) is 6.29. The summed E-state index contributed by atoms with van der Waals surface area (Å²) < 4.78 is 5.97. The van der Waals surface area contributed by atoms with Gasteiger partial charge in [0, 0.05) is 18.0 Å². The second kappa shape index (κ2) is 9.26. The predicted molar refractivity (Wildman–Crippen MR) is 124 cm³/mol. The molecular formula is C25H26N2O2S. The topological polar surface area (TPSA) is 41.6 Å². The summed E-state index contributed by atoms with van der Waals surface area (Å²) in [5, 5.41) is 3.02. The molecule has 0 saturated carbocycles. The largest absolute Gasteiger partial charge is 0.457 e. The molecule has 1 saturated heterocycles. The van der Waals surface area contributed by atoms with Gasteiger partial charge in [-0.3, -0.25) is 0 Å². The van der Waals surface area contributed by atoms with Crippen LogP contribution in [0.1, 0.15) is 36.3 Å². The lowest BCUT2D eigenvalue weighted by Gasteiger charge is -2.25. The van der Waals surface area contributed by atoms with Gasteiger partial charge in [0.15, 0.2) is 0 Å². The summed E-state index contributed by atoms with van der Waals surface area (Å²) in [5.41, 5.74) is 3.15. The van der Waals surface area contributed by atoms with Crippen LogP contribution >= 0.6 is 11.8 Å². The molecule has 0 aromatic heterocycles. The molecule has 4 rings (SSSR count). The zero-order valence-electron chi connectivity index (χ0n) is 17.2. The highest BCUT2D eigenvalue weighted by molar-refractivity contribution is 7.99. The third-order valence-corrected chi connectivity index (χ3v) is 6.36. The minimum Gasteiger partial charge on any atom is -0.457 e. The second-order valence-electron chi connectivity index (χ2n) is 7.61. The van der Waals surface area contributed by atoms with Crippen LogP contribution in [0.3, 0.4) is 0 Å². The molecule has 3 aromatic rings. The molecule has 0 spiro atoms. The van der Waals surface area contributed by atoms with Gasteiger partial charge in [0.05, 0.1) is 0 Å². The lowest BCUT2D eigenvalue weighted by Crippen LogP contribution is -2.34. The maximum absolute atomic E-state index is 13.0. The van der Waals surface area contributed by atoms with E-state index in [0.717, 1.165) is 35.0 Å². The van der Waals surface area contributed by atoms with Gasteiger partial charge in [-0.2, -0.15) is 0 Å². The minimum absolute atomic E-state index is 0.0285. The Bertz CT molecular complexity index is 990. The van der Waals surface area contributed by atoms with Crippen molar-refractivity contribution in [1.82, 2.24) is 4.90 Å². The lowest BCUT2D eigenvalue weighted by atomic mass is 10.0. The Morgan fingerprint density at radius 1 is 1.00 bits per heavy atom. The number of thioether (sulfide) groups is 1. The fourth-order valence-electron chi connectivity index (χ4n) is 3.46. The minimum atomic E-state index is -0.0725. The number of amides is 2. The molecule has 1 aliphatic rings. The quantitative estimate of drug-likeness (QED) is 0.491. The van der Waals surface area contributed by atoms with E-state index in [1.165, 1.54) is 5.56 Å². The SMILES string of the molecule is CC(C)c1ccc(NC(=O)N2CCS[C@@H]2c2cccc(Oc3ccccc3)c2)cc1. The maximum Gasteiger partial charge on any atom is 0.323 e. The summed E-state index contributed by atoms with van der Waals surface area (Å²) in [7, 11) is 0. The van der Waals surface area contributed by atoms with Gasteiger partial charge in [0.25, 0.3) is 0 Å². The molecule has 1 aliphatic heterocycles. The third kappa shape index (κ3) is 4.79. The van der Waals surface area contributed by atoms with Crippen LogP contribution in [0.2, 0.25) is 0 Å². The van der Waals surface area contributed by atoms with Crippen molar-refractivity contribution >= 4 is 23.5 Å². The number of nitrogens with zero attached hydrogens (tertiary/aromatic N) is 1. The molecular weight excluding hydrogens is 392 g/mol. The first-order valence-corrected chi connectivity index (χ1v) is 11.3. The first kappa shape index (κ1) is 20.4. The van der Waals surface area contributed by atoms with E-state index in [1.807, 2.05) is 65.6 Å². The number of carbonyl (C=O) groups excluding carboxylic acids is 1. The van der Waals surface area contributed by atoms with E-state index in [9.17, 15) is 4.79 Å². The average molecular weight is 419 g/mol. The van der Waals surface area contributed by atoms with E-state index in [4.69, 9.17) is 4.74 Å². The predicted octanol–water partition coefficient (Wildman–Crippen LogP) is 6.88. The lowest BCUT2D eigenvalue weighted by molar-refractivity contribution is 0.214. The molecule has 1 atom stereocenters. The van der Waals surface area contributed by atoms with Crippen molar-refractivity contribution in [3.63, 3.8) is 0 Å². The average Bonchev–Trinajstić information content (AvgIpc) is 3.25. The molecule has 4 nitrogen and oxygen atoms in total. The molecule has 3 aromatic carbocycles. The zero-order valence-corrected chi connectivity index (χ0v) is 18.1. The van der Waals surface area contributed by atoms with Gasteiger partial charge in [-0.05, 0) is 53.4 Å². The Morgan fingerprint density at radius 2 is 1.73 bits per heavy atom. The highest BCUT2D eigenvalue weighted by Gasteiger charge is 2.31. The maximum atomic E-state index is 13.0. The number of benzene rings is 3. The van der Waals surface area contributed by atoms with Crippen LogP contribution in [-0.2, 0) is 0 Å². The fraction of sp³-hybridized carbons (Fsp3) is 0.240. The van der Waals surface area contributed by atoms with Gasteiger partial charge in [0.2, 0.25) is 0 Å². The number of ether oxygens (including phenoxy) is 1. The van der Waals surface area contributed by atoms with Crippen molar-refractivity contribution in [3.05, 3.63) is 90.0 Å². The molecule has 0 radical (unpaired) electrons. The molecule has 5 heteroatoms. The summed E-state index contributed by atoms with van der Waals surface area (Å²) in [5.74, 6) is 2.96. The van der Waals surface area contributed by atoms with Crippen molar-refractivity contribution in [3.8, 4) is 11.5 Å². The van der Waals surface area contributed by atoms with E-state index < -0.39 is 0 Å². The molecule has 1 fully saturated rings. The van der Waals surface area contributed by atoms with Gasteiger partial charge in [0.1, 0.15) is 16.9 Å². The van der Waals surface area contributed by atoms with Gasteiger partial charge >= 0.3 is 6.03 Å². The molecule has 1 heterocycles. The molecule has 0 aliphatic carbocycles. The van der Waals surface area contributed by atoms with Crippen LogP contribution in [0.4, 0.5) is 10.5 Å². The van der Waals surface area contributed by atoms with E-state index in [0.29, 0.717) is 5.92 Å². The molecule has 1 N–H and O–H groups in total. The van der Waals surface area contributed by atoms with Gasteiger partial charge in [-0.25, -0.2) is 4.79 Å². The normalized spacial score (nSPS) is 16.0. The standard InChI is InChI=1S/C25H26N2O2S/c1-18(2)19-11-13-21(14-12-19)26-25(28)27-15-16-30-24(27)20-7-6-10-23(17-20)29-22-8-4-3-5-9-22/h3-14,17-18,24H,15-16H2,1-2H3,(H,26,28)/t24-/m1/s1. The number of rotatable bonds is 5. The summed E-state index contributed by atoms with van der Waals surface area (Å²) in [6.07, 6.45) is 0. The number of hydrogen-bond acceptors (Lipinski definition) is 3. The van der Waals surface area contributed by atoms with Crippen LogP contribution in [-0.4, -0.2) is 23.2 Å². The highest BCUT2D eigenvalue weighted by atomic mass is 32.2. The summed E-state index contributed by atoms with van der Waals surface area (Å²) in [4.78, 5) is 14.9. The van der Waals surface area contributed by atoms with Gasteiger partial charge in [-0.1, -0.05) is 56.3 Å². The third-order valence-electron chi connectivity index (χ3n) is 5.10. The van der Waals surface area contributed by atoms with E-state index >= 15 is 0 Å². The monoisotopic (exact) mass is 418 g/mol. The van der Waals surface area contributed by atoms with Crippen molar-refractivity contribution in [2.45, 2.75) is 25.1 Å². The van der Waals surface area contributed by atoms with Crippen LogP contribution in [0.5, 0.6) is 11.5 Å². The summed E-state index contributed by atoms with van der Waals surface area (Å²) in [6.45, 7) is 5.04. The zero-order chi connectivity index (χ0) is 20.9. The Hall–Kier alpha value is -2.92. The van der Waals surface area contributed by atoms with E-state index in [1.54, 1.807) is 11.8 Å². The Labute approximate surface area is 182 Å². The van der Waals surface area contributed by atoms with Crippen molar-refractivity contribution in [1.29, 1.82) is 0 Å². The van der Waals surface area contributed by atoms with Crippen LogP contribution in [0.15, 0.2) is 78.9 Å². The second-order valence-corrected chi connectivity index (χ2v) is 8.80. The van der Waals surface area contributed by atoms with Crippen molar-refractivity contribution in [2.75, 3.05) is 17.6 Å². The molecule has 154 valence electrons. The smallest absolute Gasteiger partial charge is 0.323 e. The first-order valence-electron chi connectivity index (χ1n) is 10.2.